The number of amides is 1. The molecule has 0 aromatic rings. The van der Waals surface area contributed by atoms with E-state index in [1.807, 2.05) is 0 Å². The van der Waals surface area contributed by atoms with Crippen LogP contribution in [0, 0.1) is 16.0 Å². The van der Waals surface area contributed by atoms with Crippen LogP contribution in [-0.2, 0) is 23.9 Å². The molecule has 0 saturated carbocycles. The van der Waals surface area contributed by atoms with Gasteiger partial charge in [-0.2, -0.15) is 0 Å². The Balaban J connectivity index is 2.69. The van der Waals surface area contributed by atoms with Crippen molar-refractivity contribution in [3.8, 4) is 0 Å². The van der Waals surface area contributed by atoms with Crippen molar-refractivity contribution >= 4 is 33.8 Å². The summed E-state index contributed by atoms with van der Waals surface area (Å²) in [6.45, 7) is 2.93. The number of methoxy groups -OCH3 is 1. The number of likely N-dealkylation sites (tertiary alicyclic amines) is 1. The molecule has 9 nitrogen and oxygen atoms in total. The lowest BCUT2D eigenvalue weighted by atomic mass is 9.77. The quantitative estimate of drug-likeness (QED) is 0.290. The predicted molar refractivity (Wildman–Crippen MR) is 92.3 cm³/mol. The van der Waals surface area contributed by atoms with Gasteiger partial charge in [-0.05, 0) is 33.1 Å². The van der Waals surface area contributed by atoms with Gasteiger partial charge in [0.05, 0.1) is 18.6 Å². The van der Waals surface area contributed by atoms with Crippen LogP contribution >= 0.6 is 15.9 Å². The molecular weight excluding hydrogens is 412 g/mol. The van der Waals surface area contributed by atoms with E-state index < -0.39 is 28.3 Å². The standard InChI is InChI=1S/C16H19BrN2O7/c1-4-26-14(21)13(20)18-12-9(5-6-16(18,2)15(22)25-3)7-10(17)8-11(12)19(23)24/h8-9H,4-7H2,1-3H3. The first-order chi connectivity index (χ1) is 12.2. The molecule has 0 spiro atoms. The number of halogens is 1. The predicted octanol–water partition coefficient (Wildman–Crippen LogP) is 1.89. The fourth-order valence-electron chi connectivity index (χ4n) is 3.37. The van der Waals surface area contributed by atoms with Crippen LogP contribution in [0.25, 0.3) is 0 Å². The Labute approximate surface area is 158 Å². The molecule has 1 amide bonds. The number of ether oxygens (including phenoxy) is 2. The zero-order valence-electron chi connectivity index (χ0n) is 14.6. The van der Waals surface area contributed by atoms with Crippen molar-refractivity contribution in [2.75, 3.05) is 13.7 Å². The van der Waals surface area contributed by atoms with E-state index in [-0.39, 0.29) is 30.3 Å². The summed E-state index contributed by atoms with van der Waals surface area (Å²) in [4.78, 5) is 49.1. The van der Waals surface area contributed by atoms with Crippen molar-refractivity contribution in [2.45, 2.75) is 38.6 Å². The van der Waals surface area contributed by atoms with Gasteiger partial charge in [0.15, 0.2) is 0 Å². The normalized spacial score (nSPS) is 25.2. The summed E-state index contributed by atoms with van der Waals surface area (Å²) in [5.41, 5.74) is -1.83. The van der Waals surface area contributed by atoms with Gasteiger partial charge in [-0.25, -0.2) is 9.59 Å². The Morgan fingerprint density at radius 2 is 2.12 bits per heavy atom. The Morgan fingerprint density at radius 3 is 2.65 bits per heavy atom. The van der Waals surface area contributed by atoms with Crippen molar-refractivity contribution in [3.05, 3.63) is 32.1 Å². The van der Waals surface area contributed by atoms with Gasteiger partial charge in [-0.1, -0.05) is 15.9 Å². The summed E-state index contributed by atoms with van der Waals surface area (Å²) in [6, 6.07) is 0. The summed E-state index contributed by atoms with van der Waals surface area (Å²) in [5.74, 6) is -3.43. The van der Waals surface area contributed by atoms with Crippen LogP contribution in [0.3, 0.4) is 0 Å². The second-order valence-electron chi connectivity index (χ2n) is 6.18. The minimum absolute atomic E-state index is 0.0374. The van der Waals surface area contributed by atoms with Crippen molar-refractivity contribution in [2.24, 2.45) is 5.92 Å². The van der Waals surface area contributed by atoms with E-state index in [2.05, 4.69) is 15.9 Å². The molecule has 0 N–H and O–H groups in total. The maximum absolute atomic E-state index is 12.8. The summed E-state index contributed by atoms with van der Waals surface area (Å²) in [7, 11) is 1.16. The van der Waals surface area contributed by atoms with Crippen molar-refractivity contribution in [1.82, 2.24) is 4.90 Å². The average Bonchev–Trinajstić information content (AvgIpc) is 2.60. The highest BCUT2D eigenvalue weighted by atomic mass is 79.9. The summed E-state index contributed by atoms with van der Waals surface area (Å²) >= 11 is 3.28. The molecule has 2 rings (SSSR count). The number of carbonyl (C=O) groups is 3. The Kier molecular flexibility index (Phi) is 5.84. The van der Waals surface area contributed by atoms with E-state index in [9.17, 15) is 24.5 Å². The number of hydrogen-bond donors (Lipinski definition) is 0. The molecule has 1 aliphatic carbocycles. The zero-order valence-corrected chi connectivity index (χ0v) is 16.2. The molecule has 1 heterocycles. The minimum atomic E-state index is -1.54. The number of carbonyl (C=O) groups excluding carboxylic acids is 3. The third-order valence-electron chi connectivity index (χ3n) is 4.57. The van der Waals surface area contributed by atoms with E-state index in [1.54, 1.807) is 0 Å². The van der Waals surface area contributed by atoms with Crippen LogP contribution < -0.4 is 0 Å². The summed E-state index contributed by atoms with van der Waals surface area (Å²) in [6.07, 6.45) is 2.34. The molecule has 2 atom stereocenters. The van der Waals surface area contributed by atoms with Crippen LogP contribution in [0.15, 0.2) is 22.0 Å². The van der Waals surface area contributed by atoms with Crippen LogP contribution in [0.4, 0.5) is 0 Å². The topological polar surface area (TPSA) is 116 Å². The first-order valence-electron chi connectivity index (χ1n) is 8.01. The van der Waals surface area contributed by atoms with Gasteiger partial charge in [0, 0.05) is 16.5 Å². The maximum Gasteiger partial charge on any atom is 0.397 e. The van der Waals surface area contributed by atoms with Gasteiger partial charge in [0.1, 0.15) is 11.2 Å². The molecule has 2 aliphatic rings. The number of hydrogen-bond acceptors (Lipinski definition) is 7. The maximum atomic E-state index is 12.8. The molecule has 142 valence electrons. The summed E-state index contributed by atoms with van der Waals surface area (Å²) in [5, 5.41) is 11.6. The molecule has 1 saturated heterocycles. The highest BCUT2D eigenvalue weighted by Crippen LogP contribution is 2.46. The number of allylic oxidation sites excluding steroid dienone is 3. The van der Waals surface area contributed by atoms with E-state index in [0.717, 1.165) is 12.0 Å². The second kappa shape index (κ2) is 7.56. The molecule has 2 unspecified atom stereocenters. The van der Waals surface area contributed by atoms with E-state index in [0.29, 0.717) is 17.3 Å². The van der Waals surface area contributed by atoms with Gasteiger partial charge in [0.25, 0.3) is 5.70 Å². The molecule has 0 radical (unpaired) electrons. The number of nitro groups is 1. The Bertz CT molecular complexity index is 730. The number of piperidine rings is 1. The first-order valence-corrected chi connectivity index (χ1v) is 8.81. The molecule has 0 aromatic carbocycles. The molecule has 10 heteroatoms. The molecule has 0 bridgehead atoms. The number of fused-ring (bicyclic) bond motifs is 1. The number of nitrogens with zero attached hydrogens (tertiary/aromatic N) is 2. The minimum Gasteiger partial charge on any atom is -0.467 e. The third kappa shape index (κ3) is 3.37. The lowest BCUT2D eigenvalue weighted by Crippen LogP contribution is -2.61. The largest absolute Gasteiger partial charge is 0.467 e. The monoisotopic (exact) mass is 430 g/mol. The van der Waals surface area contributed by atoms with Crippen LogP contribution in [0.1, 0.15) is 33.1 Å². The van der Waals surface area contributed by atoms with Crippen molar-refractivity contribution < 1.29 is 28.8 Å². The SMILES string of the molecule is CCOC(=O)C(=O)N1C2=C([N+](=O)[O-])C=C(Br)CC2CCC1(C)C(=O)OC. The van der Waals surface area contributed by atoms with Crippen LogP contribution in [0.5, 0.6) is 0 Å². The van der Waals surface area contributed by atoms with Gasteiger partial charge < -0.3 is 9.47 Å². The molecular formula is C16H19BrN2O7. The fraction of sp³-hybridized carbons (Fsp3) is 0.562. The first kappa shape index (κ1) is 20.1. The molecule has 0 aromatic heterocycles. The van der Waals surface area contributed by atoms with Crippen molar-refractivity contribution in [1.29, 1.82) is 0 Å². The van der Waals surface area contributed by atoms with E-state index >= 15 is 0 Å². The number of rotatable bonds is 3. The molecule has 26 heavy (non-hydrogen) atoms. The lowest BCUT2D eigenvalue weighted by molar-refractivity contribution is -0.422. The van der Waals surface area contributed by atoms with Gasteiger partial charge in [-0.3, -0.25) is 19.8 Å². The Hall–Kier alpha value is -2.23. The molecule has 1 aliphatic heterocycles. The highest BCUT2D eigenvalue weighted by molar-refractivity contribution is 9.11. The van der Waals surface area contributed by atoms with E-state index in [1.165, 1.54) is 19.9 Å². The average molecular weight is 431 g/mol. The smallest absolute Gasteiger partial charge is 0.397 e. The van der Waals surface area contributed by atoms with Gasteiger partial charge in [-0.15, -0.1) is 0 Å². The zero-order chi connectivity index (χ0) is 19.6. The summed E-state index contributed by atoms with van der Waals surface area (Å²) < 4.78 is 10.2. The number of esters is 2. The van der Waals surface area contributed by atoms with Crippen LogP contribution in [0.2, 0.25) is 0 Å². The third-order valence-corrected chi connectivity index (χ3v) is 5.13. The Morgan fingerprint density at radius 1 is 1.46 bits per heavy atom. The molecule has 1 fully saturated rings. The van der Waals surface area contributed by atoms with Gasteiger partial charge >= 0.3 is 17.8 Å². The van der Waals surface area contributed by atoms with Crippen molar-refractivity contribution in [3.63, 3.8) is 0 Å². The van der Waals surface area contributed by atoms with Gasteiger partial charge in [0.2, 0.25) is 0 Å². The van der Waals surface area contributed by atoms with E-state index in [4.69, 9.17) is 9.47 Å². The lowest BCUT2D eigenvalue weighted by Gasteiger charge is -2.46. The van der Waals surface area contributed by atoms with Crippen LogP contribution in [-0.4, -0.2) is 46.9 Å². The highest BCUT2D eigenvalue weighted by Gasteiger charge is 2.54. The second-order valence-corrected chi connectivity index (χ2v) is 7.20. The fourth-order valence-corrected chi connectivity index (χ4v) is 3.98.